The van der Waals surface area contributed by atoms with Gasteiger partial charge in [-0.3, -0.25) is 19.3 Å². The molecule has 1 heterocycles. The van der Waals surface area contributed by atoms with Crippen LogP contribution < -0.4 is 9.64 Å². The van der Waals surface area contributed by atoms with E-state index in [1.165, 1.54) is 36.6 Å². The number of methoxy groups -OCH3 is 1. The van der Waals surface area contributed by atoms with Crippen molar-refractivity contribution < 1.29 is 28.7 Å². The van der Waals surface area contributed by atoms with Crippen molar-refractivity contribution in [1.29, 1.82) is 0 Å². The quantitative estimate of drug-likeness (QED) is 0.246. The van der Waals surface area contributed by atoms with Crippen LogP contribution in [0.1, 0.15) is 58.4 Å². The molecule has 3 aromatic rings. The number of benzene rings is 3. The van der Waals surface area contributed by atoms with Crippen molar-refractivity contribution in [3.8, 4) is 5.75 Å². The number of hydrogen-bond acceptors (Lipinski definition) is 6. The Kier molecular flexibility index (Phi) is 7.09. The van der Waals surface area contributed by atoms with E-state index in [0.29, 0.717) is 29.8 Å². The topological polar surface area (TPSA) is 90.0 Å². The molecule has 0 spiro atoms. The van der Waals surface area contributed by atoms with E-state index in [0.717, 1.165) is 6.42 Å². The number of ketones is 1. The summed E-state index contributed by atoms with van der Waals surface area (Å²) >= 11 is 0. The summed E-state index contributed by atoms with van der Waals surface area (Å²) in [6.07, 6.45) is 1.21. The highest BCUT2D eigenvalue weighted by atomic mass is 16.5. The Labute approximate surface area is 221 Å². The van der Waals surface area contributed by atoms with Crippen molar-refractivity contribution in [2.24, 2.45) is 11.8 Å². The average Bonchev–Trinajstić information content (AvgIpc) is 3.21. The predicted octanol–water partition coefficient (Wildman–Crippen LogP) is 5.20. The first-order valence-corrected chi connectivity index (χ1v) is 12.8. The molecule has 3 aromatic carbocycles. The van der Waals surface area contributed by atoms with Crippen LogP contribution in [0.3, 0.4) is 0 Å². The Bertz CT molecular complexity index is 1350. The molecule has 0 N–H and O–H groups in total. The first-order chi connectivity index (χ1) is 18.4. The number of nitrogens with zero attached hydrogens (tertiary/aromatic N) is 1. The highest BCUT2D eigenvalue weighted by Crippen LogP contribution is 2.45. The van der Waals surface area contributed by atoms with Gasteiger partial charge in [-0.25, -0.2) is 4.79 Å². The molecule has 7 heteroatoms. The van der Waals surface area contributed by atoms with E-state index in [4.69, 9.17) is 9.47 Å². The van der Waals surface area contributed by atoms with E-state index < -0.39 is 12.1 Å². The summed E-state index contributed by atoms with van der Waals surface area (Å²) in [7, 11) is 1.54. The van der Waals surface area contributed by atoms with E-state index in [-0.39, 0.29) is 40.9 Å². The summed E-state index contributed by atoms with van der Waals surface area (Å²) in [5, 5.41) is 0. The third kappa shape index (κ3) is 4.84. The molecule has 0 unspecified atom stereocenters. The lowest BCUT2D eigenvalue weighted by molar-refractivity contribution is -0.122. The molecule has 1 aliphatic heterocycles. The average molecular weight is 512 g/mol. The SMILES string of the molecule is COc1ccc(C(=O)[C@H](C)OC(=O)c2ccc(N3C(=O)[C@@H]4CC[C@H](c5ccccc5)C[C@H]4C3=O)cc2)cc1. The molecule has 0 radical (unpaired) electrons. The molecule has 0 bridgehead atoms. The minimum Gasteiger partial charge on any atom is -0.497 e. The Balaban J connectivity index is 1.24. The molecule has 1 saturated carbocycles. The maximum atomic E-state index is 13.3. The zero-order chi connectivity index (χ0) is 26.8. The number of carbonyl (C=O) groups is 4. The number of ether oxygens (including phenoxy) is 2. The van der Waals surface area contributed by atoms with Crippen LogP contribution in [0.5, 0.6) is 5.75 Å². The fourth-order valence-electron chi connectivity index (χ4n) is 5.48. The number of carbonyl (C=O) groups excluding carboxylic acids is 4. The molecule has 4 atom stereocenters. The van der Waals surface area contributed by atoms with Gasteiger partial charge < -0.3 is 9.47 Å². The Hall–Kier alpha value is -4.26. The smallest absolute Gasteiger partial charge is 0.338 e. The van der Waals surface area contributed by atoms with Crippen LogP contribution in [0.25, 0.3) is 0 Å². The lowest BCUT2D eigenvalue weighted by Crippen LogP contribution is -2.31. The standard InChI is InChI=1S/C31H29NO6/c1-19(28(33)21-10-15-25(37-2)16-11-21)38-31(36)22-8-13-24(14-9-22)32-29(34)26-17-12-23(18-27(26)30(32)35)20-6-4-3-5-7-20/h3-11,13-16,19,23,26-27H,12,17-18H2,1-2H3/t19-,23-,26+,27+/m0/s1. The third-order valence-electron chi connectivity index (χ3n) is 7.59. The van der Waals surface area contributed by atoms with Crippen molar-refractivity contribution in [1.82, 2.24) is 0 Å². The van der Waals surface area contributed by atoms with Crippen molar-refractivity contribution in [3.05, 3.63) is 95.6 Å². The van der Waals surface area contributed by atoms with Crippen LogP contribution in [0.15, 0.2) is 78.9 Å². The molecule has 2 fully saturated rings. The number of rotatable bonds is 7. The van der Waals surface area contributed by atoms with Gasteiger partial charge in [0.25, 0.3) is 0 Å². The van der Waals surface area contributed by atoms with Gasteiger partial charge in [0.1, 0.15) is 5.75 Å². The van der Waals surface area contributed by atoms with Crippen LogP contribution in [-0.2, 0) is 14.3 Å². The summed E-state index contributed by atoms with van der Waals surface area (Å²) in [5.41, 5.74) is 2.27. The van der Waals surface area contributed by atoms with Crippen LogP contribution in [0.4, 0.5) is 5.69 Å². The van der Waals surface area contributed by atoms with Gasteiger partial charge in [-0.15, -0.1) is 0 Å². The summed E-state index contributed by atoms with van der Waals surface area (Å²) in [6.45, 7) is 1.52. The van der Waals surface area contributed by atoms with Gasteiger partial charge in [0, 0.05) is 5.56 Å². The fourth-order valence-corrected chi connectivity index (χ4v) is 5.48. The first kappa shape index (κ1) is 25.4. The van der Waals surface area contributed by atoms with Crippen LogP contribution in [0.2, 0.25) is 0 Å². The summed E-state index contributed by atoms with van der Waals surface area (Å²) < 4.78 is 10.5. The first-order valence-electron chi connectivity index (χ1n) is 12.8. The lowest BCUT2D eigenvalue weighted by atomic mass is 9.73. The number of amides is 2. The number of imide groups is 1. The minimum atomic E-state index is -0.988. The largest absolute Gasteiger partial charge is 0.497 e. The van der Waals surface area contributed by atoms with Crippen molar-refractivity contribution in [3.63, 3.8) is 0 Å². The molecule has 1 aliphatic carbocycles. The maximum absolute atomic E-state index is 13.3. The number of hydrogen-bond donors (Lipinski definition) is 0. The molecule has 7 nitrogen and oxygen atoms in total. The number of esters is 1. The van der Waals surface area contributed by atoms with E-state index in [2.05, 4.69) is 12.1 Å². The van der Waals surface area contributed by atoms with E-state index in [9.17, 15) is 19.2 Å². The molecule has 1 saturated heterocycles. The lowest BCUT2D eigenvalue weighted by Gasteiger charge is -2.28. The molecule has 194 valence electrons. The highest BCUT2D eigenvalue weighted by Gasteiger charge is 2.50. The number of fused-ring (bicyclic) bond motifs is 1. The molecule has 2 aliphatic rings. The Morgan fingerprint density at radius 1 is 0.816 bits per heavy atom. The van der Waals surface area contributed by atoms with E-state index in [1.54, 1.807) is 36.4 Å². The van der Waals surface area contributed by atoms with E-state index in [1.807, 2.05) is 18.2 Å². The monoisotopic (exact) mass is 511 g/mol. The Morgan fingerprint density at radius 2 is 1.45 bits per heavy atom. The maximum Gasteiger partial charge on any atom is 0.338 e. The summed E-state index contributed by atoms with van der Waals surface area (Å²) in [6, 6.07) is 22.9. The molecular weight excluding hydrogens is 482 g/mol. The third-order valence-corrected chi connectivity index (χ3v) is 7.59. The summed E-state index contributed by atoms with van der Waals surface area (Å²) in [5.74, 6) is -1.12. The van der Waals surface area contributed by atoms with Gasteiger partial charge in [-0.1, -0.05) is 30.3 Å². The molecule has 38 heavy (non-hydrogen) atoms. The van der Waals surface area contributed by atoms with Crippen LogP contribution >= 0.6 is 0 Å². The van der Waals surface area contributed by atoms with Crippen molar-refractivity contribution >= 4 is 29.3 Å². The van der Waals surface area contributed by atoms with Crippen molar-refractivity contribution in [2.45, 2.75) is 38.2 Å². The van der Waals surface area contributed by atoms with Crippen LogP contribution in [-0.4, -0.2) is 36.8 Å². The molecular formula is C31H29NO6. The van der Waals surface area contributed by atoms with Crippen molar-refractivity contribution in [2.75, 3.05) is 12.0 Å². The van der Waals surface area contributed by atoms with Gasteiger partial charge >= 0.3 is 5.97 Å². The van der Waals surface area contributed by atoms with E-state index >= 15 is 0 Å². The summed E-state index contributed by atoms with van der Waals surface area (Å²) in [4.78, 5) is 53.1. The predicted molar refractivity (Wildman–Crippen MR) is 141 cm³/mol. The molecule has 5 rings (SSSR count). The zero-order valence-electron chi connectivity index (χ0n) is 21.3. The van der Waals surface area contributed by atoms with Gasteiger partial charge in [0.2, 0.25) is 17.6 Å². The van der Waals surface area contributed by atoms with Gasteiger partial charge in [-0.2, -0.15) is 0 Å². The molecule has 0 aromatic heterocycles. The highest BCUT2D eigenvalue weighted by molar-refractivity contribution is 6.22. The normalized spacial score (nSPS) is 21.5. The van der Waals surface area contributed by atoms with Gasteiger partial charge in [0.05, 0.1) is 30.2 Å². The molecule has 2 amide bonds. The number of Topliss-reactive ketones (excluding diaryl/α,β-unsaturated/α-hetero) is 1. The zero-order valence-corrected chi connectivity index (χ0v) is 21.3. The number of anilines is 1. The van der Waals surface area contributed by atoms with Gasteiger partial charge in [0.15, 0.2) is 6.10 Å². The second-order valence-electron chi connectivity index (χ2n) is 9.83. The fraction of sp³-hybridized carbons (Fsp3) is 0.290. The van der Waals surface area contributed by atoms with Crippen LogP contribution in [0, 0.1) is 11.8 Å². The Morgan fingerprint density at radius 3 is 2.11 bits per heavy atom. The second-order valence-corrected chi connectivity index (χ2v) is 9.83. The van der Waals surface area contributed by atoms with Gasteiger partial charge in [-0.05, 0) is 86.2 Å². The second kappa shape index (κ2) is 10.6. The minimum absolute atomic E-state index is 0.180.